The van der Waals surface area contributed by atoms with E-state index < -0.39 is 4.92 Å². The first-order valence-electron chi connectivity index (χ1n) is 9.79. The van der Waals surface area contributed by atoms with Gasteiger partial charge in [0.25, 0.3) is 5.69 Å². The number of nitro groups is 1. The SMILES string of the molecule is COCC[NH+](CCOC)Cc1c(O)ccc2c1O/C(=C\c1cccc([N+](=O)[O-])c1)C2=O. The molecule has 3 rings (SSSR count). The summed E-state index contributed by atoms with van der Waals surface area (Å²) >= 11 is 0. The molecule has 0 saturated carbocycles. The Hall–Kier alpha value is -3.27. The first kappa shape index (κ1) is 22.4. The number of rotatable bonds is 10. The molecule has 164 valence electrons. The zero-order chi connectivity index (χ0) is 22.4. The van der Waals surface area contributed by atoms with Crippen molar-refractivity contribution in [3.63, 3.8) is 0 Å². The number of phenolic OH excluding ortho intramolecular Hbond substituents is 1. The number of carbonyl (C=O) groups is 1. The summed E-state index contributed by atoms with van der Waals surface area (Å²) in [5, 5.41) is 21.5. The third-order valence-corrected chi connectivity index (χ3v) is 5.04. The van der Waals surface area contributed by atoms with E-state index in [0.29, 0.717) is 55.3 Å². The van der Waals surface area contributed by atoms with Crippen molar-refractivity contribution in [2.24, 2.45) is 0 Å². The van der Waals surface area contributed by atoms with Gasteiger partial charge < -0.3 is 24.2 Å². The molecule has 0 aliphatic carbocycles. The summed E-state index contributed by atoms with van der Waals surface area (Å²) in [5.41, 5.74) is 1.27. The van der Waals surface area contributed by atoms with Gasteiger partial charge in [-0.3, -0.25) is 14.9 Å². The Morgan fingerprint density at radius 1 is 1.16 bits per heavy atom. The Morgan fingerprint density at radius 2 is 1.87 bits per heavy atom. The summed E-state index contributed by atoms with van der Waals surface area (Å²) in [6.45, 7) is 2.86. The third-order valence-electron chi connectivity index (χ3n) is 5.04. The van der Waals surface area contributed by atoms with Gasteiger partial charge in [-0.25, -0.2) is 0 Å². The van der Waals surface area contributed by atoms with Crippen LogP contribution >= 0.6 is 0 Å². The number of hydrogen-bond acceptors (Lipinski definition) is 7. The Morgan fingerprint density at radius 3 is 2.52 bits per heavy atom. The second-order valence-electron chi connectivity index (χ2n) is 7.14. The van der Waals surface area contributed by atoms with Crippen LogP contribution in [0.3, 0.4) is 0 Å². The number of nitrogens with zero attached hydrogens (tertiary/aromatic N) is 1. The molecular formula is C22H25N2O7+. The van der Waals surface area contributed by atoms with Gasteiger partial charge in [0.15, 0.2) is 11.5 Å². The van der Waals surface area contributed by atoms with Gasteiger partial charge in [-0.1, -0.05) is 12.1 Å². The lowest BCUT2D eigenvalue weighted by Crippen LogP contribution is -3.11. The molecule has 2 N–H and O–H groups in total. The number of methoxy groups -OCH3 is 2. The van der Waals surface area contributed by atoms with E-state index >= 15 is 0 Å². The predicted octanol–water partition coefficient (Wildman–Crippen LogP) is 1.59. The van der Waals surface area contributed by atoms with Crippen molar-refractivity contribution in [3.05, 3.63) is 69.0 Å². The van der Waals surface area contributed by atoms with Gasteiger partial charge in [0.1, 0.15) is 25.4 Å². The topological polar surface area (TPSA) is 113 Å². The molecule has 0 saturated heterocycles. The molecule has 9 nitrogen and oxygen atoms in total. The highest BCUT2D eigenvalue weighted by molar-refractivity contribution is 6.15. The lowest BCUT2D eigenvalue weighted by Gasteiger charge is -2.20. The molecular weight excluding hydrogens is 404 g/mol. The van der Waals surface area contributed by atoms with Gasteiger partial charge >= 0.3 is 0 Å². The van der Waals surface area contributed by atoms with Gasteiger partial charge in [-0.15, -0.1) is 0 Å². The number of ether oxygens (including phenoxy) is 3. The number of quaternary nitrogens is 1. The lowest BCUT2D eigenvalue weighted by molar-refractivity contribution is -0.914. The summed E-state index contributed by atoms with van der Waals surface area (Å²) in [5.74, 6) is 0.0697. The zero-order valence-electron chi connectivity index (χ0n) is 17.4. The Balaban J connectivity index is 1.90. The lowest BCUT2D eigenvalue weighted by atomic mass is 10.0. The van der Waals surface area contributed by atoms with E-state index in [4.69, 9.17) is 14.2 Å². The molecule has 31 heavy (non-hydrogen) atoms. The largest absolute Gasteiger partial charge is 0.507 e. The fraction of sp³-hybridized carbons (Fsp3) is 0.318. The molecule has 0 amide bonds. The van der Waals surface area contributed by atoms with Crippen molar-refractivity contribution in [2.75, 3.05) is 40.5 Å². The molecule has 9 heteroatoms. The normalized spacial score (nSPS) is 14.2. The van der Waals surface area contributed by atoms with Crippen molar-refractivity contribution >= 4 is 17.5 Å². The molecule has 0 fully saturated rings. The number of Topliss-reactive ketones (excluding diaryl/α,β-unsaturated/α-hetero) is 1. The number of carbonyl (C=O) groups excluding carboxylic acids is 1. The minimum absolute atomic E-state index is 0.0375. The highest BCUT2D eigenvalue weighted by Gasteiger charge is 2.32. The fourth-order valence-corrected chi connectivity index (χ4v) is 3.39. The molecule has 2 aromatic carbocycles. The number of ketones is 1. The summed E-state index contributed by atoms with van der Waals surface area (Å²) < 4.78 is 16.2. The van der Waals surface area contributed by atoms with Crippen molar-refractivity contribution in [1.29, 1.82) is 0 Å². The summed E-state index contributed by atoms with van der Waals surface area (Å²) in [6.07, 6.45) is 1.47. The number of allylic oxidation sites excluding steroid dienone is 1. The van der Waals surface area contributed by atoms with E-state index in [1.54, 1.807) is 26.4 Å². The first-order chi connectivity index (χ1) is 14.9. The van der Waals surface area contributed by atoms with Crippen LogP contribution in [-0.4, -0.2) is 56.3 Å². The summed E-state index contributed by atoms with van der Waals surface area (Å²) in [6, 6.07) is 8.94. The molecule has 0 radical (unpaired) electrons. The van der Waals surface area contributed by atoms with Crippen LogP contribution < -0.4 is 9.64 Å². The van der Waals surface area contributed by atoms with Crippen LogP contribution in [0.2, 0.25) is 0 Å². The number of non-ortho nitro benzene ring substituents is 1. The fourth-order valence-electron chi connectivity index (χ4n) is 3.39. The quantitative estimate of drug-likeness (QED) is 0.335. The van der Waals surface area contributed by atoms with Crippen LogP contribution in [0.25, 0.3) is 6.08 Å². The van der Waals surface area contributed by atoms with Crippen molar-refractivity contribution in [3.8, 4) is 11.5 Å². The average Bonchev–Trinajstić information content (AvgIpc) is 3.07. The zero-order valence-corrected chi connectivity index (χ0v) is 17.4. The van der Waals surface area contributed by atoms with Crippen LogP contribution in [0.5, 0.6) is 11.5 Å². The van der Waals surface area contributed by atoms with Gasteiger partial charge in [0, 0.05) is 26.4 Å². The molecule has 0 spiro atoms. The maximum Gasteiger partial charge on any atom is 0.270 e. The maximum absolute atomic E-state index is 12.9. The number of aromatic hydroxyl groups is 1. The summed E-state index contributed by atoms with van der Waals surface area (Å²) in [7, 11) is 3.25. The van der Waals surface area contributed by atoms with Gasteiger partial charge in [0.05, 0.1) is 29.3 Å². The minimum atomic E-state index is -0.498. The van der Waals surface area contributed by atoms with E-state index in [9.17, 15) is 20.0 Å². The smallest absolute Gasteiger partial charge is 0.270 e. The number of phenols is 1. The van der Waals surface area contributed by atoms with Crippen molar-refractivity contribution < 1.29 is 33.9 Å². The summed E-state index contributed by atoms with van der Waals surface area (Å²) in [4.78, 5) is 24.5. The Labute approximate surface area is 179 Å². The molecule has 0 atom stereocenters. The molecule has 2 aromatic rings. The van der Waals surface area contributed by atoms with E-state index in [1.807, 2.05) is 0 Å². The molecule has 0 aromatic heterocycles. The Kier molecular flexibility index (Phi) is 7.35. The maximum atomic E-state index is 12.9. The van der Waals surface area contributed by atoms with Crippen molar-refractivity contribution in [2.45, 2.75) is 6.54 Å². The van der Waals surface area contributed by atoms with E-state index in [2.05, 4.69) is 0 Å². The number of hydrogen-bond donors (Lipinski definition) is 2. The number of nitro benzene ring substituents is 1. The highest BCUT2D eigenvalue weighted by Crippen LogP contribution is 2.39. The number of benzene rings is 2. The van der Waals surface area contributed by atoms with Crippen LogP contribution in [0.1, 0.15) is 21.5 Å². The molecule has 1 aliphatic rings. The third kappa shape index (κ3) is 5.26. The number of fused-ring (bicyclic) bond motifs is 1. The average molecular weight is 429 g/mol. The minimum Gasteiger partial charge on any atom is -0.507 e. The molecule has 0 bridgehead atoms. The standard InChI is InChI=1S/C22H24N2O7/c1-29-10-8-23(9-11-30-2)14-18-19(25)7-6-17-21(26)20(31-22(17)18)13-15-4-3-5-16(12-15)24(27)28/h3-7,12-13,25H,8-11,14H2,1-2H3/p+1/b20-13-. The van der Waals surface area contributed by atoms with Crippen LogP contribution in [0, 0.1) is 10.1 Å². The van der Waals surface area contributed by atoms with Gasteiger partial charge in [-0.05, 0) is 23.8 Å². The van der Waals surface area contributed by atoms with Gasteiger partial charge in [0.2, 0.25) is 5.78 Å². The predicted molar refractivity (Wildman–Crippen MR) is 112 cm³/mol. The molecule has 1 aliphatic heterocycles. The molecule has 0 unspecified atom stereocenters. The highest BCUT2D eigenvalue weighted by atomic mass is 16.6. The monoisotopic (exact) mass is 429 g/mol. The van der Waals surface area contributed by atoms with E-state index in [1.165, 1.54) is 30.3 Å². The first-order valence-corrected chi connectivity index (χ1v) is 9.79. The van der Waals surface area contributed by atoms with Crippen LogP contribution in [0.4, 0.5) is 5.69 Å². The van der Waals surface area contributed by atoms with Gasteiger partial charge in [-0.2, -0.15) is 0 Å². The van der Waals surface area contributed by atoms with Crippen LogP contribution in [0.15, 0.2) is 42.2 Å². The second-order valence-corrected chi connectivity index (χ2v) is 7.14. The van der Waals surface area contributed by atoms with E-state index in [0.717, 1.165) is 4.90 Å². The van der Waals surface area contributed by atoms with Crippen LogP contribution in [-0.2, 0) is 16.0 Å². The van der Waals surface area contributed by atoms with E-state index in [-0.39, 0.29) is 23.0 Å². The Bertz CT molecular complexity index is 995. The second kappa shape index (κ2) is 10.2. The molecule has 1 heterocycles. The van der Waals surface area contributed by atoms with Crippen molar-refractivity contribution in [1.82, 2.24) is 0 Å². The number of nitrogens with one attached hydrogen (secondary N) is 1.